The van der Waals surface area contributed by atoms with Crippen LogP contribution in [0.5, 0.6) is 28.7 Å². The normalized spacial score (nSPS) is 11.6. The molecule has 0 unspecified atom stereocenters. The molecule has 0 aliphatic rings. The lowest BCUT2D eigenvalue weighted by atomic mass is 10.1. The average molecular weight is 813 g/mol. The number of ether oxygens (including phenoxy) is 3. The van der Waals surface area contributed by atoms with E-state index in [2.05, 4.69) is 20.8 Å². The number of hydrogen-bond donors (Lipinski definition) is 2. The van der Waals surface area contributed by atoms with Crippen LogP contribution in [-0.4, -0.2) is 42.5 Å². The zero-order valence-electron chi connectivity index (χ0n) is 37.4. The Hall–Kier alpha value is -4.00. The summed E-state index contributed by atoms with van der Waals surface area (Å²) in [5, 5.41) is 21.7. The fourth-order valence-electron chi connectivity index (χ4n) is 7.16. The molecule has 7 nitrogen and oxygen atoms in total. The van der Waals surface area contributed by atoms with Gasteiger partial charge in [-0.1, -0.05) is 168 Å². The predicted molar refractivity (Wildman–Crippen MR) is 251 cm³/mol. The van der Waals surface area contributed by atoms with Crippen LogP contribution in [0.1, 0.15) is 199 Å². The maximum Gasteiger partial charge on any atom is 0.128 e. The second-order valence-electron chi connectivity index (χ2n) is 16.3. The first-order valence-electron chi connectivity index (χ1n) is 23.8. The van der Waals surface area contributed by atoms with E-state index in [-0.39, 0.29) is 11.5 Å². The highest BCUT2D eigenvalue weighted by atomic mass is 16.5. The van der Waals surface area contributed by atoms with Crippen LogP contribution in [0, 0.1) is 0 Å². The van der Waals surface area contributed by atoms with Gasteiger partial charge < -0.3 is 24.4 Å². The highest BCUT2D eigenvalue weighted by Crippen LogP contribution is 2.34. The van der Waals surface area contributed by atoms with Gasteiger partial charge in [-0.15, -0.1) is 0 Å². The number of aromatic hydroxyl groups is 2. The molecular weight excluding hydrogens is 733 g/mol. The van der Waals surface area contributed by atoms with Crippen LogP contribution in [0.25, 0.3) is 0 Å². The first kappa shape index (κ1) is 49.4. The van der Waals surface area contributed by atoms with Crippen molar-refractivity contribution in [2.45, 2.75) is 188 Å². The van der Waals surface area contributed by atoms with Crippen LogP contribution < -0.4 is 14.2 Å². The van der Waals surface area contributed by atoms with Crippen molar-refractivity contribution in [3.05, 3.63) is 65.7 Å². The molecule has 3 aromatic rings. The topological polar surface area (TPSA) is 92.9 Å². The number of benzene rings is 3. The summed E-state index contributed by atoms with van der Waals surface area (Å²) in [4.78, 5) is 9.51. The second kappa shape index (κ2) is 32.8. The number of hydrogen-bond acceptors (Lipinski definition) is 7. The molecule has 0 saturated heterocycles. The molecule has 7 heteroatoms. The van der Waals surface area contributed by atoms with Crippen molar-refractivity contribution >= 4 is 23.8 Å². The Labute approximate surface area is 359 Å². The van der Waals surface area contributed by atoms with Crippen molar-refractivity contribution in [3.63, 3.8) is 0 Å². The SMILES string of the molecule is CCCCCCCCCCCCOc1ccc(N=Cc2ccc(OCCCCCCCCCC)cc2O)c(N=Cc2ccc(OCCCCCCCCCC)cc2O)c1. The van der Waals surface area contributed by atoms with Crippen LogP contribution in [-0.2, 0) is 0 Å². The largest absolute Gasteiger partial charge is 0.507 e. The molecule has 0 bridgehead atoms. The van der Waals surface area contributed by atoms with Crippen molar-refractivity contribution in [3.8, 4) is 28.7 Å². The van der Waals surface area contributed by atoms with Gasteiger partial charge in [-0.3, -0.25) is 9.98 Å². The van der Waals surface area contributed by atoms with Gasteiger partial charge in [-0.25, -0.2) is 0 Å². The summed E-state index contributed by atoms with van der Waals surface area (Å²) in [6.07, 6.45) is 36.0. The Kier molecular flexibility index (Phi) is 27.4. The van der Waals surface area contributed by atoms with E-state index in [4.69, 9.17) is 24.2 Å². The number of aliphatic imine (C=N–C) groups is 2. The van der Waals surface area contributed by atoms with E-state index < -0.39 is 0 Å². The molecule has 0 aromatic heterocycles. The summed E-state index contributed by atoms with van der Waals surface area (Å²) < 4.78 is 18.1. The number of rotatable bonds is 36. The summed E-state index contributed by atoms with van der Waals surface area (Å²) in [5.74, 6) is 2.25. The van der Waals surface area contributed by atoms with Crippen molar-refractivity contribution in [2.75, 3.05) is 19.8 Å². The Morgan fingerprint density at radius 2 is 0.678 bits per heavy atom. The van der Waals surface area contributed by atoms with Crippen LogP contribution in [0.4, 0.5) is 11.4 Å². The molecule has 0 atom stereocenters. The van der Waals surface area contributed by atoms with E-state index in [1.807, 2.05) is 42.5 Å². The second-order valence-corrected chi connectivity index (χ2v) is 16.3. The molecule has 0 aliphatic carbocycles. The fraction of sp³-hybridized carbons (Fsp3) is 0.615. The number of unbranched alkanes of at least 4 members (excludes halogenated alkanes) is 23. The monoisotopic (exact) mass is 813 g/mol. The van der Waals surface area contributed by atoms with E-state index in [0.29, 0.717) is 53.8 Å². The van der Waals surface area contributed by atoms with Gasteiger partial charge in [0.15, 0.2) is 0 Å². The Morgan fingerprint density at radius 3 is 1.03 bits per heavy atom. The van der Waals surface area contributed by atoms with E-state index in [1.165, 1.54) is 128 Å². The number of phenols is 2. The van der Waals surface area contributed by atoms with E-state index in [9.17, 15) is 10.2 Å². The minimum absolute atomic E-state index is 0.107. The van der Waals surface area contributed by atoms with Gasteiger partial charge in [-0.05, 0) is 55.7 Å². The maximum absolute atomic E-state index is 10.9. The highest BCUT2D eigenvalue weighted by Gasteiger charge is 2.08. The van der Waals surface area contributed by atoms with E-state index >= 15 is 0 Å². The van der Waals surface area contributed by atoms with Crippen LogP contribution in [0.3, 0.4) is 0 Å². The van der Waals surface area contributed by atoms with Gasteiger partial charge in [0.1, 0.15) is 28.7 Å². The number of nitrogens with zero attached hydrogens (tertiary/aromatic N) is 2. The molecule has 0 saturated carbocycles. The van der Waals surface area contributed by atoms with Gasteiger partial charge in [0, 0.05) is 41.8 Å². The lowest BCUT2D eigenvalue weighted by Crippen LogP contribution is -1.98. The summed E-state index contributed by atoms with van der Waals surface area (Å²) in [6.45, 7) is 8.68. The smallest absolute Gasteiger partial charge is 0.128 e. The molecule has 0 heterocycles. The maximum atomic E-state index is 10.9. The van der Waals surface area contributed by atoms with Gasteiger partial charge in [-0.2, -0.15) is 0 Å². The molecule has 3 aromatic carbocycles. The van der Waals surface area contributed by atoms with Gasteiger partial charge in [0.2, 0.25) is 0 Å². The third-order valence-corrected chi connectivity index (χ3v) is 10.9. The highest BCUT2D eigenvalue weighted by molar-refractivity contribution is 5.90. The first-order valence-corrected chi connectivity index (χ1v) is 23.8. The third-order valence-electron chi connectivity index (χ3n) is 10.9. The summed E-state index contributed by atoms with van der Waals surface area (Å²) in [5.41, 5.74) is 2.38. The Morgan fingerprint density at radius 1 is 0.373 bits per heavy atom. The average Bonchev–Trinajstić information content (AvgIpc) is 3.24. The molecule has 0 spiro atoms. The summed E-state index contributed by atoms with van der Waals surface area (Å²) in [7, 11) is 0. The molecule has 0 fully saturated rings. The molecule has 59 heavy (non-hydrogen) atoms. The molecule has 0 amide bonds. The molecule has 2 N–H and O–H groups in total. The molecule has 0 radical (unpaired) electrons. The van der Waals surface area contributed by atoms with Crippen LogP contribution in [0.2, 0.25) is 0 Å². The lowest BCUT2D eigenvalue weighted by Gasteiger charge is -2.10. The van der Waals surface area contributed by atoms with Crippen molar-refractivity contribution in [1.82, 2.24) is 0 Å². The zero-order chi connectivity index (χ0) is 42.0. The minimum Gasteiger partial charge on any atom is -0.507 e. The quantitative estimate of drug-likeness (QED) is 0.0451. The first-order chi connectivity index (χ1) is 29.0. The summed E-state index contributed by atoms with van der Waals surface area (Å²) in [6, 6.07) is 16.4. The molecule has 3 rings (SSSR count). The van der Waals surface area contributed by atoms with Crippen LogP contribution >= 0.6 is 0 Å². The Balaban J connectivity index is 1.59. The van der Waals surface area contributed by atoms with Gasteiger partial charge in [0.05, 0.1) is 31.2 Å². The van der Waals surface area contributed by atoms with E-state index in [0.717, 1.165) is 44.3 Å². The predicted octanol–water partition coefficient (Wildman–Crippen LogP) is 15.9. The van der Waals surface area contributed by atoms with Crippen molar-refractivity contribution in [2.24, 2.45) is 9.98 Å². The third kappa shape index (κ3) is 22.8. The zero-order valence-corrected chi connectivity index (χ0v) is 37.4. The van der Waals surface area contributed by atoms with Gasteiger partial charge >= 0.3 is 0 Å². The lowest BCUT2D eigenvalue weighted by molar-refractivity contribution is 0.302. The standard InChI is InChI=1S/C52H80N2O5/c1-4-7-10-13-16-19-20-23-26-27-36-57-46-34-35-49(53-42-44-30-32-47(40-51(44)55)58-37-28-24-21-17-14-11-8-5-2)50(39-46)54-43-45-31-33-48(41-52(45)56)59-38-29-25-22-18-15-12-9-6-3/h30-35,39-43,55-56H,4-29,36-38H2,1-3H3. The Bertz CT molecular complexity index is 1570. The van der Waals surface area contributed by atoms with E-state index in [1.54, 1.807) is 24.6 Å². The minimum atomic E-state index is 0.107. The van der Waals surface area contributed by atoms with Crippen molar-refractivity contribution in [1.29, 1.82) is 0 Å². The van der Waals surface area contributed by atoms with Crippen molar-refractivity contribution < 1.29 is 24.4 Å². The summed E-state index contributed by atoms with van der Waals surface area (Å²) >= 11 is 0. The van der Waals surface area contributed by atoms with Crippen LogP contribution in [0.15, 0.2) is 64.6 Å². The van der Waals surface area contributed by atoms with Gasteiger partial charge in [0.25, 0.3) is 0 Å². The molecule has 328 valence electrons. The molecular formula is C52H80N2O5. The molecule has 0 aliphatic heterocycles. The number of phenolic OH excluding ortho intramolecular Hbond substituents is 2. The fourth-order valence-corrected chi connectivity index (χ4v) is 7.16.